The van der Waals surface area contributed by atoms with Crippen LogP contribution in [0.4, 0.5) is 0 Å². The average molecular weight is 232 g/mol. The van der Waals surface area contributed by atoms with Crippen LogP contribution in [0.2, 0.25) is 10.0 Å². The fourth-order valence-corrected chi connectivity index (χ4v) is 2.00. The summed E-state index contributed by atoms with van der Waals surface area (Å²) in [7, 11) is 0. The van der Waals surface area contributed by atoms with Gasteiger partial charge in [0.1, 0.15) is 0 Å². The Morgan fingerprint density at radius 2 is 1.93 bits per heavy atom. The molecule has 0 atom stereocenters. The van der Waals surface area contributed by atoms with Crippen molar-refractivity contribution >= 4 is 23.2 Å². The SMILES string of the molecule is CCCc1c(CCN)ccc(Cl)c1Cl. The van der Waals surface area contributed by atoms with Crippen LogP contribution in [0.1, 0.15) is 24.5 Å². The Labute approximate surface area is 95.2 Å². The van der Waals surface area contributed by atoms with Gasteiger partial charge in [-0.05, 0) is 36.6 Å². The van der Waals surface area contributed by atoms with Crippen LogP contribution in [0.15, 0.2) is 12.1 Å². The van der Waals surface area contributed by atoms with E-state index >= 15 is 0 Å². The van der Waals surface area contributed by atoms with Crippen molar-refractivity contribution in [3.8, 4) is 0 Å². The summed E-state index contributed by atoms with van der Waals surface area (Å²) < 4.78 is 0. The van der Waals surface area contributed by atoms with E-state index < -0.39 is 0 Å². The zero-order valence-corrected chi connectivity index (χ0v) is 9.83. The lowest BCUT2D eigenvalue weighted by Crippen LogP contribution is -2.05. The highest BCUT2D eigenvalue weighted by atomic mass is 35.5. The Hall–Kier alpha value is -0.240. The third-order valence-corrected chi connectivity index (χ3v) is 3.05. The van der Waals surface area contributed by atoms with Crippen molar-refractivity contribution in [2.45, 2.75) is 26.2 Å². The highest BCUT2D eigenvalue weighted by Crippen LogP contribution is 2.29. The molecule has 1 aromatic rings. The summed E-state index contributed by atoms with van der Waals surface area (Å²) >= 11 is 12.1. The molecule has 1 rings (SSSR count). The van der Waals surface area contributed by atoms with Gasteiger partial charge in [0, 0.05) is 0 Å². The summed E-state index contributed by atoms with van der Waals surface area (Å²) in [6, 6.07) is 3.86. The van der Waals surface area contributed by atoms with Crippen LogP contribution < -0.4 is 5.73 Å². The van der Waals surface area contributed by atoms with Gasteiger partial charge in [0.15, 0.2) is 0 Å². The Morgan fingerprint density at radius 1 is 1.21 bits per heavy atom. The monoisotopic (exact) mass is 231 g/mol. The second kappa shape index (κ2) is 5.59. The van der Waals surface area contributed by atoms with E-state index in [1.807, 2.05) is 12.1 Å². The molecule has 14 heavy (non-hydrogen) atoms. The number of nitrogens with two attached hydrogens (primary N) is 1. The molecule has 0 bridgehead atoms. The van der Waals surface area contributed by atoms with Gasteiger partial charge in [-0.3, -0.25) is 0 Å². The minimum absolute atomic E-state index is 0.635. The molecule has 0 aliphatic heterocycles. The minimum Gasteiger partial charge on any atom is -0.330 e. The van der Waals surface area contributed by atoms with Crippen LogP contribution >= 0.6 is 23.2 Å². The van der Waals surface area contributed by atoms with E-state index in [0.717, 1.165) is 24.8 Å². The van der Waals surface area contributed by atoms with Gasteiger partial charge in [-0.25, -0.2) is 0 Å². The van der Waals surface area contributed by atoms with E-state index in [1.165, 1.54) is 5.56 Å². The maximum Gasteiger partial charge on any atom is 0.0627 e. The van der Waals surface area contributed by atoms with E-state index in [4.69, 9.17) is 28.9 Å². The largest absolute Gasteiger partial charge is 0.330 e. The second-order valence-electron chi connectivity index (χ2n) is 3.29. The number of halogens is 2. The first kappa shape index (κ1) is 11.8. The Bertz CT molecular complexity index is 310. The van der Waals surface area contributed by atoms with Crippen molar-refractivity contribution in [2.24, 2.45) is 5.73 Å². The number of rotatable bonds is 4. The molecule has 0 radical (unpaired) electrons. The van der Waals surface area contributed by atoms with Crippen molar-refractivity contribution < 1.29 is 0 Å². The molecular weight excluding hydrogens is 217 g/mol. The lowest BCUT2D eigenvalue weighted by molar-refractivity contribution is 0.879. The van der Waals surface area contributed by atoms with Gasteiger partial charge >= 0.3 is 0 Å². The van der Waals surface area contributed by atoms with E-state index in [2.05, 4.69) is 6.92 Å². The van der Waals surface area contributed by atoms with Crippen molar-refractivity contribution in [3.05, 3.63) is 33.3 Å². The number of benzene rings is 1. The third-order valence-electron chi connectivity index (χ3n) is 2.21. The van der Waals surface area contributed by atoms with Crippen LogP contribution in [0.5, 0.6) is 0 Å². The van der Waals surface area contributed by atoms with Crippen LogP contribution in [0, 0.1) is 0 Å². The quantitative estimate of drug-likeness (QED) is 0.845. The minimum atomic E-state index is 0.635. The van der Waals surface area contributed by atoms with Gasteiger partial charge in [0.2, 0.25) is 0 Å². The molecule has 0 unspecified atom stereocenters. The number of hydrogen-bond donors (Lipinski definition) is 1. The van der Waals surface area contributed by atoms with E-state index in [1.54, 1.807) is 0 Å². The van der Waals surface area contributed by atoms with E-state index in [-0.39, 0.29) is 0 Å². The molecule has 3 heteroatoms. The van der Waals surface area contributed by atoms with Gasteiger partial charge in [0.25, 0.3) is 0 Å². The van der Waals surface area contributed by atoms with E-state index in [0.29, 0.717) is 16.6 Å². The van der Waals surface area contributed by atoms with Crippen molar-refractivity contribution in [3.63, 3.8) is 0 Å². The topological polar surface area (TPSA) is 26.0 Å². The maximum atomic E-state index is 6.14. The molecule has 2 N–H and O–H groups in total. The number of hydrogen-bond acceptors (Lipinski definition) is 1. The molecular formula is C11H15Cl2N. The first-order valence-corrected chi connectivity index (χ1v) is 5.62. The smallest absolute Gasteiger partial charge is 0.0627 e. The van der Waals surface area contributed by atoms with Crippen LogP contribution in [0.25, 0.3) is 0 Å². The third kappa shape index (κ3) is 2.63. The van der Waals surface area contributed by atoms with Crippen molar-refractivity contribution in [2.75, 3.05) is 6.54 Å². The van der Waals surface area contributed by atoms with E-state index in [9.17, 15) is 0 Å². The normalized spacial score (nSPS) is 10.6. The molecule has 1 aromatic carbocycles. The van der Waals surface area contributed by atoms with Crippen LogP contribution in [-0.4, -0.2) is 6.54 Å². The van der Waals surface area contributed by atoms with Gasteiger partial charge in [-0.1, -0.05) is 42.6 Å². The maximum absolute atomic E-state index is 6.14. The lowest BCUT2D eigenvalue weighted by Gasteiger charge is -2.11. The summed E-state index contributed by atoms with van der Waals surface area (Å²) in [5.74, 6) is 0. The molecule has 0 saturated heterocycles. The fourth-order valence-electron chi connectivity index (χ4n) is 1.54. The highest BCUT2D eigenvalue weighted by molar-refractivity contribution is 6.42. The standard InChI is InChI=1S/C11H15Cl2N/c1-2-3-9-8(6-7-14)4-5-10(12)11(9)13/h4-5H,2-3,6-7,14H2,1H3. The summed E-state index contributed by atoms with van der Waals surface area (Å²) in [6.45, 7) is 2.78. The van der Waals surface area contributed by atoms with Gasteiger partial charge < -0.3 is 5.73 Å². The van der Waals surface area contributed by atoms with Crippen molar-refractivity contribution in [1.29, 1.82) is 0 Å². The molecule has 0 aliphatic rings. The molecule has 0 aliphatic carbocycles. The van der Waals surface area contributed by atoms with Gasteiger partial charge in [-0.2, -0.15) is 0 Å². The summed E-state index contributed by atoms with van der Waals surface area (Å²) in [5, 5.41) is 1.33. The van der Waals surface area contributed by atoms with Gasteiger partial charge in [0.05, 0.1) is 10.0 Å². The first-order valence-electron chi connectivity index (χ1n) is 4.86. The van der Waals surface area contributed by atoms with Crippen LogP contribution in [-0.2, 0) is 12.8 Å². The molecule has 0 heterocycles. The Kier molecular flexibility index (Phi) is 4.73. The molecule has 78 valence electrons. The average Bonchev–Trinajstić information content (AvgIpc) is 2.18. The van der Waals surface area contributed by atoms with Crippen LogP contribution in [0.3, 0.4) is 0 Å². The molecule has 0 fully saturated rings. The molecule has 0 amide bonds. The molecule has 0 aromatic heterocycles. The predicted octanol–water partition coefficient (Wildman–Crippen LogP) is 3.45. The zero-order valence-electron chi connectivity index (χ0n) is 8.32. The second-order valence-corrected chi connectivity index (χ2v) is 4.07. The van der Waals surface area contributed by atoms with Crippen molar-refractivity contribution in [1.82, 2.24) is 0 Å². The summed E-state index contributed by atoms with van der Waals surface area (Å²) in [4.78, 5) is 0. The predicted molar refractivity (Wildman–Crippen MR) is 63.2 cm³/mol. The first-order chi connectivity index (χ1) is 6.70. The summed E-state index contributed by atoms with van der Waals surface area (Å²) in [5.41, 5.74) is 7.92. The summed E-state index contributed by atoms with van der Waals surface area (Å²) in [6.07, 6.45) is 2.90. The molecule has 1 nitrogen and oxygen atoms in total. The zero-order chi connectivity index (χ0) is 10.6. The highest BCUT2D eigenvalue weighted by Gasteiger charge is 2.09. The fraction of sp³-hybridized carbons (Fsp3) is 0.455. The Balaban J connectivity index is 3.08. The lowest BCUT2D eigenvalue weighted by atomic mass is 10.0. The van der Waals surface area contributed by atoms with Gasteiger partial charge in [-0.15, -0.1) is 0 Å². The molecule has 0 saturated carbocycles. The molecule has 0 spiro atoms. The Morgan fingerprint density at radius 3 is 2.50 bits per heavy atom.